The van der Waals surface area contributed by atoms with E-state index in [1.807, 2.05) is 43.3 Å². The van der Waals surface area contributed by atoms with Crippen molar-refractivity contribution in [3.05, 3.63) is 75.8 Å². The highest BCUT2D eigenvalue weighted by Crippen LogP contribution is 2.24. The van der Waals surface area contributed by atoms with Crippen LogP contribution in [0.25, 0.3) is 5.65 Å². The summed E-state index contributed by atoms with van der Waals surface area (Å²) in [4.78, 5) is 28.6. The van der Waals surface area contributed by atoms with Gasteiger partial charge in [-0.05, 0) is 42.2 Å². The third-order valence-electron chi connectivity index (χ3n) is 4.39. The van der Waals surface area contributed by atoms with Crippen LogP contribution in [0.15, 0.2) is 53.3 Å². The lowest BCUT2D eigenvalue weighted by Crippen LogP contribution is -2.19. The fraction of sp³-hybridized carbons (Fsp3) is 0.318. The van der Waals surface area contributed by atoms with E-state index >= 15 is 0 Å². The van der Waals surface area contributed by atoms with Crippen molar-refractivity contribution in [2.24, 2.45) is 0 Å². The zero-order valence-electron chi connectivity index (χ0n) is 16.6. The molecular weight excluding hydrogens is 356 g/mol. The summed E-state index contributed by atoms with van der Waals surface area (Å²) in [5.74, 6) is 0.0774. The number of hydrogen-bond donors (Lipinski definition) is 0. The van der Waals surface area contributed by atoms with Gasteiger partial charge in [-0.3, -0.25) is 9.20 Å². The van der Waals surface area contributed by atoms with Gasteiger partial charge in [0.1, 0.15) is 18.0 Å². The average molecular weight is 380 g/mol. The summed E-state index contributed by atoms with van der Waals surface area (Å²) in [6.07, 6.45) is 0. The van der Waals surface area contributed by atoms with Gasteiger partial charge in [0.05, 0.1) is 5.69 Å². The number of aryl methyl sites for hydroxylation is 1. The monoisotopic (exact) mass is 380 g/mol. The quantitative estimate of drug-likeness (QED) is 0.635. The van der Waals surface area contributed by atoms with Crippen LogP contribution in [0.2, 0.25) is 0 Å². The highest BCUT2D eigenvalue weighted by Gasteiger charge is 2.13. The predicted molar refractivity (Wildman–Crippen MR) is 107 cm³/mol. The molecule has 3 aromatic rings. The second-order valence-electron chi connectivity index (χ2n) is 7.67. The molecule has 0 aliphatic carbocycles. The fourth-order valence-electron chi connectivity index (χ4n) is 2.83. The summed E-state index contributed by atoms with van der Waals surface area (Å²) in [7, 11) is 0. The SMILES string of the molecule is Cc1cccc2nc(COC(=O)COc3ccc(C(C)(C)C)cc3)cc(=O)n12. The fourth-order valence-corrected chi connectivity index (χ4v) is 2.83. The van der Waals surface area contributed by atoms with Crippen LogP contribution in [0.4, 0.5) is 0 Å². The van der Waals surface area contributed by atoms with Crippen molar-refractivity contribution in [1.82, 2.24) is 9.38 Å². The lowest BCUT2D eigenvalue weighted by atomic mass is 9.87. The largest absolute Gasteiger partial charge is 0.482 e. The molecule has 0 amide bonds. The first kappa shape index (κ1) is 19.6. The van der Waals surface area contributed by atoms with Gasteiger partial charge in [0.15, 0.2) is 6.61 Å². The predicted octanol–water partition coefficient (Wildman–Crippen LogP) is 3.42. The first-order valence-electron chi connectivity index (χ1n) is 9.11. The van der Waals surface area contributed by atoms with Crippen molar-refractivity contribution in [3.8, 4) is 5.75 Å². The van der Waals surface area contributed by atoms with Crippen LogP contribution in [0, 0.1) is 6.92 Å². The Hall–Kier alpha value is -3.15. The summed E-state index contributed by atoms with van der Waals surface area (Å²) in [6.45, 7) is 7.95. The van der Waals surface area contributed by atoms with E-state index in [4.69, 9.17) is 9.47 Å². The van der Waals surface area contributed by atoms with Crippen molar-refractivity contribution in [2.45, 2.75) is 39.7 Å². The molecule has 0 aliphatic rings. The molecule has 0 N–H and O–H groups in total. The zero-order valence-corrected chi connectivity index (χ0v) is 16.6. The number of carbonyl (C=O) groups excluding carboxylic acids is 1. The van der Waals surface area contributed by atoms with Crippen molar-refractivity contribution in [2.75, 3.05) is 6.61 Å². The maximum Gasteiger partial charge on any atom is 0.344 e. The Balaban J connectivity index is 1.57. The smallest absolute Gasteiger partial charge is 0.344 e. The molecule has 0 bridgehead atoms. The van der Waals surface area contributed by atoms with Gasteiger partial charge in [0, 0.05) is 11.8 Å². The van der Waals surface area contributed by atoms with E-state index in [1.54, 1.807) is 6.07 Å². The van der Waals surface area contributed by atoms with E-state index in [9.17, 15) is 9.59 Å². The molecule has 146 valence electrons. The van der Waals surface area contributed by atoms with Gasteiger partial charge < -0.3 is 9.47 Å². The van der Waals surface area contributed by atoms with E-state index in [2.05, 4.69) is 25.8 Å². The van der Waals surface area contributed by atoms with Gasteiger partial charge in [-0.25, -0.2) is 9.78 Å². The van der Waals surface area contributed by atoms with Crippen molar-refractivity contribution < 1.29 is 14.3 Å². The lowest BCUT2D eigenvalue weighted by Gasteiger charge is -2.19. The Bertz CT molecular complexity index is 1050. The number of pyridine rings is 1. The molecule has 0 fully saturated rings. The number of benzene rings is 1. The Morgan fingerprint density at radius 3 is 2.50 bits per heavy atom. The first-order valence-corrected chi connectivity index (χ1v) is 9.11. The van der Waals surface area contributed by atoms with Gasteiger partial charge in [-0.15, -0.1) is 0 Å². The topological polar surface area (TPSA) is 69.9 Å². The van der Waals surface area contributed by atoms with E-state index in [1.165, 1.54) is 16.0 Å². The van der Waals surface area contributed by atoms with Crippen LogP contribution in [0.5, 0.6) is 5.75 Å². The maximum atomic E-state index is 12.2. The first-order chi connectivity index (χ1) is 13.2. The molecule has 6 nitrogen and oxygen atoms in total. The second kappa shape index (κ2) is 7.84. The molecular formula is C22H24N2O4. The van der Waals surface area contributed by atoms with Crippen LogP contribution < -0.4 is 10.3 Å². The number of rotatable bonds is 5. The molecule has 1 aromatic carbocycles. The van der Waals surface area contributed by atoms with Crippen molar-refractivity contribution >= 4 is 11.6 Å². The normalized spacial score (nSPS) is 11.4. The molecule has 0 saturated carbocycles. The molecule has 3 rings (SSSR count). The van der Waals surface area contributed by atoms with E-state index in [-0.39, 0.29) is 24.2 Å². The molecule has 2 aromatic heterocycles. The van der Waals surface area contributed by atoms with Gasteiger partial charge in [0.2, 0.25) is 0 Å². The molecule has 0 radical (unpaired) electrons. The Labute approximate surface area is 163 Å². The van der Waals surface area contributed by atoms with E-state index in [0.717, 1.165) is 5.69 Å². The van der Waals surface area contributed by atoms with Gasteiger partial charge in [-0.1, -0.05) is 39.0 Å². The summed E-state index contributed by atoms with van der Waals surface area (Å²) in [5, 5.41) is 0. The number of carbonyl (C=O) groups is 1. The summed E-state index contributed by atoms with van der Waals surface area (Å²) < 4.78 is 12.2. The Kier molecular flexibility index (Phi) is 5.49. The van der Waals surface area contributed by atoms with E-state index < -0.39 is 5.97 Å². The molecule has 28 heavy (non-hydrogen) atoms. The zero-order chi connectivity index (χ0) is 20.3. The Morgan fingerprint density at radius 1 is 1.11 bits per heavy atom. The third-order valence-corrected chi connectivity index (χ3v) is 4.39. The molecule has 0 unspecified atom stereocenters. The highest BCUT2D eigenvalue weighted by atomic mass is 16.6. The van der Waals surface area contributed by atoms with Gasteiger partial charge in [-0.2, -0.15) is 0 Å². The molecule has 2 heterocycles. The van der Waals surface area contributed by atoms with E-state index in [0.29, 0.717) is 17.1 Å². The van der Waals surface area contributed by atoms with Gasteiger partial charge >= 0.3 is 5.97 Å². The second-order valence-corrected chi connectivity index (χ2v) is 7.67. The minimum Gasteiger partial charge on any atom is -0.482 e. The molecule has 0 atom stereocenters. The number of ether oxygens (including phenoxy) is 2. The minimum absolute atomic E-state index is 0.0571. The van der Waals surface area contributed by atoms with Crippen LogP contribution in [0.1, 0.15) is 37.7 Å². The number of esters is 1. The number of aromatic nitrogens is 2. The lowest BCUT2D eigenvalue weighted by molar-refractivity contribution is -0.147. The van der Waals surface area contributed by atoms with Crippen LogP contribution in [0.3, 0.4) is 0 Å². The Morgan fingerprint density at radius 2 is 1.82 bits per heavy atom. The van der Waals surface area contributed by atoms with Crippen LogP contribution in [-0.4, -0.2) is 22.0 Å². The number of hydrogen-bond acceptors (Lipinski definition) is 5. The maximum absolute atomic E-state index is 12.2. The van der Waals surface area contributed by atoms with Crippen molar-refractivity contribution in [1.29, 1.82) is 0 Å². The number of nitrogens with zero attached hydrogens (tertiary/aromatic N) is 2. The summed E-state index contributed by atoms with van der Waals surface area (Å²) in [6, 6.07) is 14.4. The van der Waals surface area contributed by atoms with Gasteiger partial charge in [0.25, 0.3) is 5.56 Å². The summed E-state index contributed by atoms with van der Waals surface area (Å²) in [5.41, 5.74) is 2.76. The minimum atomic E-state index is -0.522. The highest BCUT2D eigenvalue weighted by molar-refractivity contribution is 5.71. The third kappa shape index (κ3) is 4.57. The summed E-state index contributed by atoms with van der Waals surface area (Å²) >= 11 is 0. The average Bonchev–Trinajstić information content (AvgIpc) is 2.64. The number of fused-ring (bicyclic) bond motifs is 1. The molecule has 0 spiro atoms. The van der Waals surface area contributed by atoms with Crippen molar-refractivity contribution in [3.63, 3.8) is 0 Å². The molecule has 0 saturated heterocycles. The van der Waals surface area contributed by atoms with Crippen LogP contribution in [-0.2, 0) is 21.6 Å². The standard InChI is InChI=1S/C22H24N2O4/c1-15-6-5-7-19-23-17(12-20(25)24(15)19)13-28-21(26)14-27-18-10-8-16(9-11-18)22(2,3)4/h5-12H,13-14H2,1-4H3. The van der Waals surface area contributed by atoms with Crippen LogP contribution >= 0.6 is 0 Å². The molecule has 0 aliphatic heterocycles. The molecule has 6 heteroatoms.